The monoisotopic (exact) mass is 942 g/mol. The van der Waals surface area contributed by atoms with Gasteiger partial charge < -0.3 is 20.3 Å². The highest BCUT2D eigenvalue weighted by molar-refractivity contribution is 5.76. The molecule has 0 spiro atoms. The number of allylic oxidation sites excluding steroid dienone is 5. The smallest absolute Gasteiger partial charge is 0.305 e. The van der Waals surface area contributed by atoms with Gasteiger partial charge in [0.2, 0.25) is 5.91 Å². The number of esters is 1. The average Bonchev–Trinajstić information content (AvgIpc) is 3.33. The second-order valence-electron chi connectivity index (χ2n) is 20.3. The van der Waals surface area contributed by atoms with Crippen molar-refractivity contribution in [2.45, 2.75) is 328 Å². The molecular formula is C61H115NO5. The summed E-state index contributed by atoms with van der Waals surface area (Å²) < 4.78 is 5.46. The van der Waals surface area contributed by atoms with Crippen molar-refractivity contribution in [2.24, 2.45) is 0 Å². The fraction of sp³-hybridized carbons (Fsp3) is 0.869. The van der Waals surface area contributed by atoms with E-state index in [1.807, 2.05) is 6.08 Å². The molecule has 3 N–H and O–H groups in total. The SMILES string of the molecule is CCC/C=C\C/C=C\CCCCCCCC(=O)OCCCCCCCCCCCCCCCCCCCCCC(=O)NC(CO)C(O)/C=C/CCCCCCCCCCCCCCCCCC. The lowest BCUT2D eigenvalue weighted by Gasteiger charge is -2.20. The lowest BCUT2D eigenvalue weighted by molar-refractivity contribution is -0.143. The molecule has 0 saturated heterocycles. The van der Waals surface area contributed by atoms with Crippen LogP contribution in [-0.2, 0) is 14.3 Å². The number of hydrogen-bond acceptors (Lipinski definition) is 5. The van der Waals surface area contributed by atoms with E-state index >= 15 is 0 Å². The molecule has 2 atom stereocenters. The van der Waals surface area contributed by atoms with Gasteiger partial charge >= 0.3 is 5.97 Å². The molecule has 2 unspecified atom stereocenters. The minimum atomic E-state index is -0.847. The first-order valence-electron chi connectivity index (χ1n) is 29.8. The summed E-state index contributed by atoms with van der Waals surface area (Å²) in [5, 5.41) is 23.2. The summed E-state index contributed by atoms with van der Waals surface area (Å²) in [5.41, 5.74) is 0. The van der Waals surface area contributed by atoms with Crippen molar-refractivity contribution in [2.75, 3.05) is 13.2 Å². The molecule has 0 aliphatic rings. The topological polar surface area (TPSA) is 95.9 Å². The Kier molecular flexibility index (Phi) is 55.0. The first-order valence-corrected chi connectivity index (χ1v) is 29.8. The molecule has 0 fully saturated rings. The minimum Gasteiger partial charge on any atom is -0.466 e. The molecule has 0 aliphatic carbocycles. The van der Waals surface area contributed by atoms with E-state index < -0.39 is 12.1 Å². The van der Waals surface area contributed by atoms with E-state index in [0.717, 1.165) is 51.4 Å². The van der Waals surface area contributed by atoms with Gasteiger partial charge in [-0.05, 0) is 57.8 Å². The Balaban J connectivity index is 3.44. The minimum absolute atomic E-state index is 0.00708. The lowest BCUT2D eigenvalue weighted by atomic mass is 10.0. The second-order valence-corrected chi connectivity index (χ2v) is 20.3. The van der Waals surface area contributed by atoms with Crippen LogP contribution in [0.15, 0.2) is 36.5 Å². The molecule has 67 heavy (non-hydrogen) atoms. The van der Waals surface area contributed by atoms with Gasteiger partial charge in [0.25, 0.3) is 0 Å². The third-order valence-corrected chi connectivity index (χ3v) is 13.6. The summed E-state index contributed by atoms with van der Waals surface area (Å²) in [6, 6.07) is -0.631. The van der Waals surface area contributed by atoms with Gasteiger partial charge in [-0.25, -0.2) is 0 Å². The maximum Gasteiger partial charge on any atom is 0.305 e. The van der Waals surface area contributed by atoms with E-state index in [1.54, 1.807) is 6.08 Å². The fourth-order valence-electron chi connectivity index (χ4n) is 9.08. The van der Waals surface area contributed by atoms with Crippen molar-refractivity contribution in [3.63, 3.8) is 0 Å². The highest BCUT2D eigenvalue weighted by atomic mass is 16.5. The average molecular weight is 943 g/mol. The lowest BCUT2D eigenvalue weighted by Crippen LogP contribution is -2.45. The van der Waals surface area contributed by atoms with Crippen LogP contribution >= 0.6 is 0 Å². The summed E-state index contributed by atoms with van der Waals surface area (Å²) in [7, 11) is 0. The van der Waals surface area contributed by atoms with Crippen molar-refractivity contribution in [3.8, 4) is 0 Å². The summed E-state index contributed by atoms with van der Waals surface area (Å²) in [4.78, 5) is 24.5. The molecule has 6 nitrogen and oxygen atoms in total. The van der Waals surface area contributed by atoms with E-state index in [1.165, 1.54) is 238 Å². The van der Waals surface area contributed by atoms with E-state index in [2.05, 4.69) is 43.5 Å². The van der Waals surface area contributed by atoms with Gasteiger partial charge in [0, 0.05) is 12.8 Å². The number of ether oxygens (including phenoxy) is 1. The van der Waals surface area contributed by atoms with Gasteiger partial charge in [-0.2, -0.15) is 0 Å². The Hall–Kier alpha value is -1.92. The number of carbonyl (C=O) groups excluding carboxylic acids is 2. The molecule has 0 bridgehead atoms. The Morgan fingerprint density at radius 3 is 1.19 bits per heavy atom. The van der Waals surface area contributed by atoms with Crippen LogP contribution in [-0.4, -0.2) is 47.4 Å². The summed E-state index contributed by atoms with van der Waals surface area (Å²) >= 11 is 0. The van der Waals surface area contributed by atoms with Crippen molar-refractivity contribution in [1.82, 2.24) is 5.32 Å². The van der Waals surface area contributed by atoms with Crippen LogP contribution in [0.3, 0.4) is 0 Å². The first kappa shape index (κ1) is 65.1. The number of rotatable bonds is 55. The zero-order valence-corrected chi connectivity index (χ0v) is 44.9. The predicted molar refractivity (Wildman–Crippen MR) is 292 cm³/mol. The van der Waals surface area contributed by atoms with Gasteiger partial charge in [0.1, 0.15) is 0 Å². The zero-order chi connectivity index (χ0) is 48.6. The highest BCUT2D eigenvalue weighted by Gasteiger charge is 2.18. The quantitative estimate of drug-likeness (QED) is 0.0321. The fourth-order valence-corrected chi connectivity index (χ4v) is 9.08. The van der Waals surface area contributed by atoms with Crippen molar-refractivity contribution in [3.05, 3.63) is 36.5 Å². The number of aliphatic hydroxyl groups is 2. The van der Waals surface area contributed by atoms with Gasteiger partial charge in [0.15, 0.2) is 0 Å². The molecule has 0 heterocycles. The Labute approximate surface area is 417 Å². The molecule has 0 aromatic carbocycles. The second kappa shape index (κ2) is 56.7. The molecule has 0 saturated carbocycles. The predicted octanol–water partition coefficient (Wildman–Crippen LogP) is 18.4. The van der Waals surface area contributed by atoms with Crippen LogP contribution in [0.25, 0.3) is 0 Å². The molecule has 6 heteroatoms. The van der Waals surface area contributed by atoms with Crippen molar-refractivity contribution >= 4 is 11.9 Å². The third kappa shape index (κ3) is 53.3. The Morgan fingerprint density at radius 2 is 0.776 bits per heavy atom. The molecule has 1 amide bonds. The third-order valence-electron chi connectivity index (χ3n) is 13.6. The number of amides is 1. The molecule has 394 valence electrons. The number of hydrogen-bond donors (Lipinski definition) is 3. The van der Waals surface area contributed by atoms with Crippen molar-refractivity contribution < 1.29 is 24.5 Å². The maximum atomic E-state index is 12.5. The molecular weight excluding hydrogens is 827 g/mol. The summed E-state index contributed by atoms with van der Waals surface area (Å²) in [6.45, 7) is 4.84. The van der Waals surface area contributed by atoms with E-state index in [4.69, 9.17) is 4.74 Å². The van der Waals surface area contributed by atoms with Gasteiger partial charge in [-0.15, -0.1) is 0 Å². The van der Waals surface area contributed by atoms with E-state index in [0.29, 0.717) is 19.4 Å². The largest absolute Gasteiger partial charge is 0.466 e. The van der Waals surface area contributed by atoms with E-state index in [9.17, 15) is 19.8 Å². The van der Waals surface area contributed by atoms with Crippen LogP contribution in [0, 0.1) is 0 Å². The van der Waals surface area contributed by atoms with Gasteiger partial charge in [-0.3, -0.25) is 9.59 Å². The van der Waals surface area contributed by atoms with Crippen LogP contribution in [0.5, 0.6) is 0 Å². The van der Waals surface area contributed by atoms with Crippen LogP contribution in [0.4, 0.5) is 0 Å². The Morgan fingerprint density at radius 1 is 0.418 bits per heavy atom. The first-order chi connectivity index (χ1) is 33.0. The standard InChI is InChI=1S/C61H115NO5/c1-3-5-7-9-11-13-15-17-18-19-23-26-30-33-37-41-45-49-53-59(64)58(57-63)62-60(65)54-50-46-42-38-34-31-27-24-21-20-22-25-28-32-36-40-44-48-52-56-67-61(66)55-51-47-43-39-35-29-16-14-12-10-8-6-4-2/h8,10,14,16,49,53,58-59,63-64H,3-7,9,11-13,15,17-48,50-52,54-57H2,1-2H3,(H,62,65)/b10-8-,16-14-,53-49+. The number of nitrogens with one attached hydrogen (secondary N) is 1. The number of carbonyl (C=O) groups is 2. The van der Waals surface area contributed by atoms with Crippen molar-refractivity contribution in [1.29, 1.82) is 0 Å². The molecule has 0 aliphatic heterocycles. The summed E-state index contributed by atoms with van der Waals surface area (Å²) in [5.74, 6) is -0.0765. The van der Waals surface area contributed by atoms with Gasteiger partial charge in [-0.1, -0.05) is 281 Å². The zero-order valence-electron chi connectivity index (χ0n) is 44.9. The maximum absolute atomic E-state index is 12.5. The Bertz CT molecular complexity index is 1090. The normalized spacial score (nSPS) is 12.8. The molecule has 0 aromatic heterocycles. The number of aliphatic hydroxyl groups excluding tert-OH is 2. The molecule has 0 radical (unpaired) electrons. The molecule has 0 rings (SSSR count). The summed E-state index contributed by atoms with van der Waals surface area (Å²) in [6.07, 6.45) is 70.2. The van der Waals surface area contributed by atoms with E-state index in [-0.39, 0.29) is 18.5 Å². The van der Waals surface area contributed by atoms with Crippen LogP contribution < -0.4 is 5.32 Å². The van der Waals surface area contributed by atoms with Crippen LogP contribution in [0.1, 0.15) is 316 Å². The van der Waals surface area contributed by atoms with Crippen LogP contribution in [0.2, 0.25) is 0 Å². The molecule has 0 aromatic rings. The van der Waals surface area contributed by atoms with Gasteiger partial charge in [0.05, 0.1) is 25.4 Å². The number of unbranched alkanes of at least 4 members (excludes halogenated alkanes) is 40. The highest BCUT2D eigenvalue weighted by Crippen LogP contribution is 2.17.